The number of benzene rings is 1. The fourth-order valence-electron chi connectivity index (χ4n) is 3.90. The van der Waals surface area contributed by atoms with E-state index in [0.29, 0.717) is 0 Å². The Hall–Kier alpha value is -3.04. The van der Waals surface area contributed by atoms with Crippen LogP contribution in [0.5, 0.6) is 0 Å². The topological polar surface area (TPSA) is 97.9 Å². The van der Waals surface area contributed by atoms with E-state index in [9.17, 15) is 14.4 Å². The molecule has 0 aliphatic carbocycles. The molecule has 4 rings (SSSR count). The molecule has 0 saturated carbocycles. The summed E-state index contributed by atoms with van der Waals surface area (Å²) in [6, 6.07) is 10.3. The first-order valence-electron chi connectivity index (χ1n) is 10.0. The van der Waals surface area contributed by atoms with E-state index < -0.39 is 23.6 Å². The number of ether oxygens (including phenoxy) is 1. The lowest BCUT2D eigenvalue weighted by atomic mass is 10.2. The molecule has 2 fully saturated rings. The molecule has 31 heavy (non-hydrogen) atoms. The number of aromatic nitrogens is 1. The van der Waals surface area contributed by atoms with Gasteiger partial charge in [0.25, 0.3) is 11.1 Å². The van der Waals surface area contributed by atoms with Gasteiger partial charge in [0.15, 0.2) is 0 Å². The monoisotopic (exact) mass is 440 g/mol. The van der Waals surface area contributed by atoms with Crippen molar-refractivity contribution >= 4 is 40.6 Å². The lowest BCUT2D eigenvalue weighted by Crippen LogP contribution is -2.36. The minimum absolute atomic E-state index is 0.286. The lowest BCUT2D eigenvalue weighted by molar-refractivity contribution is -0.127. The molecule has 3 amide bonds. The van der Waals surface area contributed by atoms with Gasteiger partial charge in [-0.1, -0.05) is 0 Å². The van der Waals surface area contributed by atoms with Crippen molar-refractivity contribution in [1.82, 2.24) is 9.47 Å². The van der Waals surface area contributed by atoms with Crippen molar-refractivity contribution in [2.24, 2.45) is 5.73 Å². The SMILES string of the molecule is Cc1cc(/C=C2\SC(=O)N(CC(N)=O)C2=O)c(C)n1-c1ccc(N2CCOCC2)cc1. The standard InChI is InChI=1S/C22H24N4O4S/c1-14-11-16(12-19-21(28)25(13-20(23)27)22(29)31-19)15(2)26(14)18-5-3-17(4-6-18)24-7-9-30-10-8-24/h3-6,11-12H,7-10,13H2,1-2H3,(H2,23,27)/b19-12-. The van der Waals surface area contributed by atoms with Crippen molar-refractivity contribution in [2.45, 2.75) is 13.8 Å². The number of anilines is 1. The molecule has 2 aromatic rings. The number of morpholine rings is 1. The summed E-state index contributed by atoms with van der Waals surface area (Å²) in [5.74, 6) is -1.21. The number of carbonyl (C=O) groups excluding carboxylic acids is 3. The van der Waals surface area contributed by atoms with Crippen molar-refractivity contribution in [1.29, 1.82) is 0 Å². The largest absolute Gasteiger partial charge is 0.378 e. The molecule has 0 spiro atoms. The van der Waals surface area contributed by atoms with Crippen LogP contribution in [0.15, 0.2) is 35.2 Å². The Kier molecular flexibility index (Phi) is 5.88. The van der Waals surface area contributed by atoms with Crippen molar-refractivity contribution in [3.05, 3.63) is 52.2 Å². The number of nitrogens with zero attached hydrogens (tertiary/aromatic N) is 3. The van der Waals surface area contributed by atoms with Crippen LogP contribution in [0.1, 0.15) is 17.0 Å². The highest BCUT2D eigenvalue weighted by Crippen LogP contribution is 2.33. The Morgan fingerprint density at radius 1 is 1.13 bits per heavy atom. The highest BCUT2D eigenvalue weighted by Gasteiger charge is 2.36. The van der Waals surface area contributed by atoms with E-state index in [0.717, 1.165) is 71.3 Å². The number of hydrogen-bond donors (Lipinski definition) is 1. The molecule has 0 atom stereocenters. The van der Waals surface area contributed by atoms with Gasteiger partial charge in [0.2, 0.25) is 5.91 Å². The molecular weight excluding hydrogens is 416 g/mol. The first-order valence-corrected chi connectivity index (χ1v) is 10.8. The number of imide groups is 1. The molecule has 162 valence electrons. The molecular formula is C22H24N4O4S. The van der Waals surface area contributed by atoms with Crippen molar-refractivity contribution < 1.29 is 19.1 Å². The number of primary amides is 1. The fourth-order valence-corrected chi connectivity index (χ4v) is 4.73. The smallest absolute Gasteiger partial charge is 0.294 e. The van der Waals surface area contributed by atoms with E-state index in [1.807, 2.05) is 19.9 Å². The van der Waals surface area contributed by atoms with Crippen LogP contribution in [-0.4, -0.2) is 59.4 Å². The first kappa shape index (κ1) is 21.2. The second-order valence-corrected chi connectivity index (χ2v) is 8.51. The van der Waals surface area contributed by atoms with Crippen LogP contribution in [0.25, 0.3) is 11.8 Å². The van der Waals surface area contributed by atoms with Gasteiger partial charge in [-0.2, -0.15) is 0 Å². The third kappa shape index (κ3) is 4.24. The third-order valence-electron chi connectivity index (χ3n) is 5.43. The predicted molar refractivity (Wildman–Crippen MR) is 120 cm³/mol. The number of carbonyl (C=O) groups is 3. The molecule has 2 aliphatic rings. The van der Waals surface area contributed by atoms with Crippen LogP contribution < -0.4 is 10.6 Å². The average Bonchev–Trinajstić information content (AvgIpc) is 3.18. The zero-order chi connectivity index (χ0) is 22.1. The molecule has 1 aromatic heterocycles. The molecule has 0 unspecified atom stereocenters. The molecule has 9 heteroatoms. The summed E-state index contributed by atoms with van der Waals surface area (Å²) in [7, 11) is 0. The van der Waals surface area contributed by atoms with E-state index in [2.05, 4.69) is 33.7 Å². The van der Waals surface area contributed by atoms with Gasteiger partial charge < -0.3 is 19.9 Å². The average molecular weight is 441 g/mol. The Morgan fingerprint density at radius 2 is 1.77 bits per heavy atom. The predicted octanol–water partition coefficient (Wildman–Crippen LogP) is 2.45. The Morgan fingerprint density at radius 3 is 2.42 bits per heavy atom. The second-order valence-electron chi connectivity index (χ2n) is 7.51. The summed E-state index contributed by atoms with van der Waals surface area (Å²) >= 11 is 0.822. The molecule has 1 aromatic carbocycles. The van der Waals surface area contributed by atoms with Crippen molar-refractivity contribution in [3.8, 4) is 5.69 Å². The highest BCUT2D eigenvalue weighted by molar-refractivity contribution is 8.18. The van der Waals surface area contributed by atoms with Gasteiger partial charge in [0, 0.05) is 35.9 Å². The maximum Gasteiger partial charge on any atom is 0.294 e. The van der Waals surface area contributed by atoms with Gasteiger partial charge in [0.1, 0.15) is 6.54 Å². The van der Waals surface area contributed by atoms with E-state index in [4.69, 9.17) is 10.5 Å². The molecule has 2 N–H and O–H groups in total. The summed E-state index contributed by atoms with van der Waals surface area (Å²) < 4.78 is 7.53. The number of hydrogen-bond acceptors (Lipinski definition) is 6. The van der Waals surface area contributed by atoms with Gasteiger partial charge in [-0.25, -0.2) is 0 Å². The molecule has 3 heterocycles. The van der Waals surface area contributed by atoms with E-state index in [1.165, 1.54) is 0 Å². The van der Waals surface area contributed by atoms with Crippen LogP contribution in [0.4, 0.5) is 10.5 Å². The number of nitrogens with two attached hydrogens (primary N) is 1. The van der Waals surface area contributed by atoms with Gasteiger partial charge >= 0.3 is 0 Å². The van der Waals surface area contributed by atoms with Crippen LogP contribution in [0, 0.1) is 13.8 Å². The minimum atomic E-state index is -0.720. The van der Waals surface area contributed by atoms with Gasteiger partial charge in [-0.3, -0.25) is 19.3 Å². The van der Waals surface area contributed by atoms with E-state index in [-0.39, 0.29) is 4.91 Å². The van der Waals surface area contributed by atoms with E-state index >= 15 is 0 Å². The van der Waals surface area contributed by atoms with Gasteiger partial charge in [-0.15, -0.1) is 0 Å². The van der Waals surface area contributed by atoms with Gasteiger partial charge in [0.05, 0.1) is 18.1 Å². The molecule has 2 aliphatic heterocycles. The summed E-state index contributed by atoms with van der Waals surface area (Å²) in [5.41, 5.74) is 10.1. The van der Waals surface area contributed by atoms with Gasteiger partial charge in [-0.05, 0) is 67.6 Å². The number of rotatable bonds is 5. The van der Waals surface area contributed by atoms with Crippen LogP contribution in [-0.2, 0) is 14.3 Å². The molecule has 2 saturated heterocycles. The molecule has 8 nitrogen and oxygen atoms in total. The summed E-state index contributed by atoms with van der Waals surface area (Å²) in [4.78, 5) is 39.2. The summed E-state index contributed by atoms with van der Waals surface area (Å²) in [5, 5.41) is -0.484. The van der Waals surface area contributed by atoms with Crippen LogP contribution >= 0.6 is 11.8 Å². The van der Waals surface area contributed by atoms with E-state index in [1.54, 1.807) is 6.08 Å². The maximum absolute atomic E-state index is 12.5. The summed E-state index contributed by atoms with van der Waals surface area (Å²) in [6.07, 6.45) is 1.70. The van der Waals surface area contributed by atoms with Crippen molar-refractivity contribution in [3.63, 3.8) is 0 Å². The zero-order valence-electron chi connectivity index (χ0n) is 17.5. The number of amides is 3. The van der Waals surface area contributed by atoms with Crippen LogP contribution in [0.3, 0.4) is 0 Å². The summed E-state index contributed by atoms with van der Waals surface area (Å²) in [6.45, 7) is 6.82. The second kappa shape index (κ2) is 8.60. The number of thioether (sulfide) groups is 1. The minimum Gasteiger partial charge on any atom is -0.378 e. The Balaban J connectivity index is 1.59. The Labute approximate surface area is 184 Å². The normalized spacial score (nSPS) is 18.3. The van der Waals surface area contributed by atoms with Crippen LogP contribution in [0.2, 0.25) is 0 Å². The quantitative estimate of drug-likeness (QED) is 0.718. The highest BCUT2D eigenvalue weighted by atomic mass is 32.2. The molecule has 0 radical (unpaired) electrons. The molecule has 0 bridgehead atoms. The first-order chi connectivity index (χ1) is 14.8. The lowest BCUT2D eigenvalue weighted by Gasteiger charge is -2.29. The zero-order valence-corrected chi connectivity index (χ0v) is 18.3. The number of aryl methyl sites for hydroxylation is 1. The maximum atomic E-state index is 12.5. The third-order valence-corrected chi connectivity index (χ3v) is 6.34. The fraction of sp³-hybridized carbons (Fsp3) is 0.318. The Bertz CT molecular complexity index is 1070. The van der Waals surface area contributed by atoms with Crippen molar-refractivity contribution in [2.75, 3.05) is 37.7 Å².